The number of aromatic nitrogens is 1. The Labute approximate surface area is 180 Å². The van der Waals surface area contributed by atoms with Crippen LogP contribution < -0.4 is 10.6 Å². The van der Waals surface area contributed by atoms with E-state index in [2.05, 4.69) is 25.5 Å². The van der Waals surface area contributed by atoms with Gasteiger partial charge >= 0.3 is 0 Å². The van der Waals surface area contributed by atoms with E-state index in [-0.39, 0.29) is 24.0 Å². The summed E-state index contributed by atoms with van der Waals surface area (Å²) in [6, 6.07) is 5.91. The van der Waals surface area contributed by atoms with E-state index in [0.29, 0.717) is 19.1 Å². The van der Waals surface area contributed by atoms with Gasteiger partial charge in [-0.05, 0) is 31.4 Å². The van der Waals surface area contributed by atoms with Gasteiger partial charge < -0.3 is 25.0 Å². The Morgan fingerprint density at radius 1 is 1.30 bits per heavy atom. The molecule has 1 saturated heterocycles. The molecule has 1 aliphatic heterocycles. The highest BCUT2D eigenvalue weighted by molar-refractivity contribution is 14.0. The van der Waals surface area contributed by atoms with Crippen LogP contribution in [0.3, 0.4) is 0 Å². The first kappa shape index (κ1) is 23.9. The van der Waals surface area contributed by atoms with Crippen LogP contribution >= 0.6 is 24.0 Å². The highest BCUT2D eigenvalue weighted by Crippen LogP contribution is 2.16. The van der Waals surface area contributed by atoms with Gasteiger partial charge in [0.2, 0.25) is 0 Å². The van der Waals surface area contributed by atoms with Gasteiger partial charge in [-0.25, -0.2) is 4.98 Å². The van der Waals surface area contributed by atoms with E-state index in [1.165, 1.54) is 0 Å². The quantitative estimate of drug-likeness (QED) is 0.215. The summed E-state index contributed by atoms with van der Waals surface area (Å²) in [7, 11) is 3.55. The first-order valence-corrected chi connectivity index (χ1v) is 9.50. The smallest absolute Gasteiger partial charge is 0.193 e. The van der Waals surface area contributed by atoms with E-state index in [9.17, 15) is 0 Å². The number of likely N-dealkylation sites (tertiary alicyclic amines) is 1. The maximum Gasteiger partial charge on any atom is 0.193 e. The minimum Gasteiger partial charge on any atom is -0.382 e. The number of unbranched alkanes of at least 4 members (excludes halogenated alkanes) is 1. The summed E-state index contributed by atoms with van der Waals surface area (Å²) in [5.74, 6) is 2.52. The van der Waals surface area contributed by atoms with E-state index in [1.54, 1.807) is 13.3 Å². The second-order valence-corrected chi connectivity index (χ2v) is 6.49. The molecule has 1 fully saturated rings. The first-order valence-electron chi connectivity index (χ1n) is 9.50. The fourth-order valence-electron chi connectivity index (χ4n) is 3.02. The number of ether oxygens (including phenoxy) is 2. The molecule has 1 aromatic rings. The largest absolute Gasteiger partial charge is 0.382 e. The Morgan fingerprint density at radius 2 is 2.15 bits per heavy atom. The second-order valence-electron chi connectivity index (χ2n) is 6.49. The van der Waals surface area contributed by atoms with Crippen LogP contribution in [-0.2, 0) is 9.47 Å². The van der Waals surface area contributed by atoms with Crippen molar-refractivity contribution < 1.29 is 9.47 Å². The molecule has 2 rings (SSSR count). The number of hydrogen-bond donors (Lipinski definition) is 2. The molecule has 0 amide bonds. The predicted octanol–water partition coefficient (Wildman–Crippen LogP) is 2.45. The lowest BCUT2D eigenvalue weighted by Gasteiger charge is -2.21. The summed E-state index contributed by atoms with van der Waals surface area (Å²) >= 11 is 0. The van der Waals surface area contributed by atoms with Crippen molar-refractivity contribution in [2.75, 3.05) is 65.5 Å². The van der Waals surface area contributed by atoms with Crippen LogP contribution in [0.25, 0.3) is 0 Å². The molecule has 7 nitrogen and oxygen atoms in total. The molecule has 154 valence electrons. The summed E-state index contributed by atoms with van der Waals surface area (Å²) in [5.41, 5.74) is 0. The third-order valence-electron chi connectivity index (χ3n) is 4.44. The average Bonchev–Trinajstić information content (AvgIpc) is 3.14. The van der Waals surface area contributed by atoms with Crippen molar-refractivity contribution in [3.63, 3.8) is 0 Å². The number of nitrogens with one attached hydrogen (secondary N) is 2. The molecule has 0 radical (unpaired) electrons. The zero-order valence-electron chi connectivity index (χ0n) is 16.5. The van der Waals surface area contributed by atoms with Gasteiger partial charge in [0.1, 0.15) is 5.82 Å². The Hall–Kier alpha value is -1.13. The van der Waals surface area contributed by atoms with Crippen molar-refractivity contribution in [3.05, 3.63) is 24.4 Å². The normalized spacial score (nSPS) is 16.9. The van der Waals surface area contributed by atoms with Gasteiger partial charge in [-0.1, -0.05) is 6.07 Å². The number of halogens is 1. The average molecular weight is 491 g/mol. The van der Waals surface area contributed by atoms with Crippen molar-refractivity contribution in [1.82, 2.24) is 15.2 Å². The number of pyridine rings is 1. The minimum absolute atomic E-state index is 0. The van der Waals surface area contributed by atoms with Crippen molar-refractivity contribution in [2.45, 2.75) is 19.3 Å². The molecule has 2 N–H and O–H groups in total. The molecule has 8 heteroatoms. The van der Waals surface area contributed by atoms with Crippen molar-refractivity contribution in [2.24, 2.45) is 10.9 Å². The molecule has 0 bridgehead atoms. The lowest BCUT2D eigenvalue weighted by molar-refractivity contribution is 0.0536. The molecule has 0 aliphatic carbocycles. The topological polar surface area (TPSA) is 71.0 Å². The molecule has 1 unspecified atom stereocenters. The van der Waals surface area contributed by atoms with Gasteiger partial charge in [0.15, 0.2) is 5.96 Å². The van der Waals surface area contributed by atoms with Crippen LogP contribution in [-0.4, -0.2) is 76.0 Å². The maximum atomic E-state index is 5.66. The first-order chi connectivity index (χ1) is 12.8. The van der Waals surface area contributed by atoms with Crippen LogP contribution in [0.4, 0.5) is 5.82 Å². The Bertz CT molecular complexity index is 518. The zero-order chi connectivity index (χ0) is 18.5. The fourth-order valence-corrected chi connectivity index (χ4v) is 3.02. The third kappa shape index (κ3) is 9.57. The molecule has 1 aromatic heterocycles. The third-order valence-corrected chi connectivity index (χ3v) is 4.44. The van der Waals surface area contributed by atoms with Gasteiger partial charge in [0.05, 0.1) is 19.8 Å². The van der Waals surface area contributed by atoms with Gasteiger partial charge in [0.25, 0.3) is 0 Å². The van der Waals surface area contributed by atoms with Crippen molar-refractivity contribution >= 4 is 35.8 Å². The molecule has 1 atom stereocenters. The molecule has 2 heterocycles. The summed E-state index contributed by atoms with van der Waals surface area (Å²) in [6.45, 7) is 6.05. The van der Waals surface area contributed by atoms with Crippen LogP contribution in [0.1, 0.15) is 19.3 Å². The van der Waals surface area contributed by atoms with Gasteiger partial charge in [0, 0.05) is 52.5 Å². The van der Waals surface area contributed by atoms with Gasteiger partial charge in [-0.2, -0.15) is 0 Å². The molecule has 0 spiro atoms. The zero-order valence-corrected chi connectivity index (χ0v) is 18.9. The number of rotatable bonds is 11. The second kappa shape index (κ2) is 14.9. The van der Waals surface area contributed by atoms with Crippen LogP contribution in [0, 0.1) is 5.92 Å². The van der Waals surface area contributed by atoms with E-state index in [1.807, 2.05) is 25.2 Å². The van der Waals surface area contributed by atoms with E-state index >= 15 is 0 Å². The Morgan fingerprint density at radius 3 is 2.89 bits per heavy atom. The van der Waals surface area contributed by atoms with Gasteiger partial charge in [-0.15, -0.1) is 24.0 Å². The summed E-state index contributed by atoms with van der Waals surface area (Å²) in [4.78, 5) is 11.0. The lowest BCUT2D eigenvalue weighted by Crippen LogP contribution is -2.40. The molecule has 0 saturated carbocycles. The van der Waals surface area contributed by atoms with Crippen LogP contribution in [0.2, 0.25) is 0 Å². The minimum atomic E-state index is 0. The number of hydrogen-bond acceptors (Lipinski definition) is 5. The molecule has 0 aromatic carbocycles. The Balaban J connectivity index is 0.00000364. The number of guanidine groups is 1. The molecule has 27 heavy (non-hydrogen) atoms. The SMILES string of the molecule is CN=C(NCCCCNc1ccccn1)N1CCC(COCCOC)C1.I. The number of nitrogens with zero attached hydrogens (tertiary/aromatic N) is 3. The number of aliphatic imine (C=N–C) groups is 1. The standard InChI is InChI=1S/C19H33N5O2.HI/c1-20-19(24-12-8-17(15-24)16-26-14-13-25-2)23-11-6-5-10-22-18-7-3-4-9-21-18;/h3-4,7,9,17H,5-6,8,10-16H2,1-2H3,(H,20,23)(H,21,22);1H. The Kier molecular flexibility index (Phi) is 13.2. The summed E-state index contributed by atoms with van der Waals surface area (Å²) < 4.78 is 10.7. The van der Waals surface area contributed by atoms with Crippen LogP contribution in [0.15, 0.2) is 29.4 Å². The van der Waals surface area contributed by atoms with E-state index in [4.69, 9.17) is 9.47 Å². The molecular formula is C19H34IN5O2. The predicted molar refractivity (Wildman–Crippen MR) is 121 cm³/mol. The van der Waals surface area contributed by atoms with Crippen molar-refractivity contribution in [1.29, 1.82) is 0 Å². The monoisotopic (exact) mass is 491 g/mol. The highest BCUT2D eigenvalue weighted by atomic mass is 127. The molecule has 1 aliphatic rings. The van der Waals surface area contributed by atoms with E-state index in [0.717, 1.165) is 63.8 Å². The van der Waals surface area contributed by atoms with Gasteiger partial charge in [-0.3, -0.25) is 4.99 Å². The number of anilines is 1. The maximum absolute atomic E-state index is 5.66. The highest BCUT2D eigenvalue weighted by Gasteiger charge is 2.24. The fraction of sp³-hybridized carbons (Fsp3) is 0.684. The number of methoxy groups -OCH3 is 1. The van der Waals surface area contributed by atoms with Crippen molar-refractivity contribution in [3.8, 4) is 0 Å². The summed E-state index contributed by atoms with van der Waals surface area (Å²) in [6.07, 6.45) is 5.15. The van der Waals surface area contributed by atoms with Crippen LogP contribution in [0.5, 0.6) is 0 Å². The summed E-state index contributed by atoms with van der Waals surface area (Å²) in [5, 5.41) is 6.81. The molecular weight excluding hydrogens is 457 g/mol. The van der Waals surface area contributed by atoms with E-state index < -0.39 is 0 Å². The lowest BCUT2D eigenvalue weighted by atomic mass is 10.1.